The number of halogens is 1. The van der Waals surface area contributed by atoms with Crippen LogP contribution in [0.25, 0.3) is 33.5 Å². The number of nitrogens with one attached hydrogen (secondary N) is 1. The summed E-state index contributed by atoms with van der Waals surface area (Å²) in [6.07, 6.45) is 0. The Kier molecular flexibility index (Phi) is 3.50. The van der Waals surface area contributed by atoms with Crippen molar-refractivity contribution in [3.8, 4) is 11.5 Å². The molecule has 25 heavy (non-hydrogen) atoms. The van der Waals surface area contributed by atoms with Crippen LogP contribution in [0.3, 0.4) is 0 Å². The van der Waals surface area contributed by atoms with E-state index >= 15 is 0 Å². The van der Waals surface area contributed by atoms with Crippen LogP contribution in [0.2, 0.25) is 0 Å². The second kappa shape index (κ2) is 5.71. The Labute approximate surface area is 140 Å². The van der Waals surface area contributed by atoms with E-state index in [2.05, 4.69) is 9.71 Å². The SMILES string of the molecule is O=c1oc2cc(F)ccc2cc1-c1nc2ccc(N[SH](=O)=O)cc2o1. The summed E-state index contributed by atoms with van der Waals surface area (Å²) in [6, 6.07) is 9.88. The zero-order valence-corrected chi connectivity index (χ0v) is 13.2. The van der Waals surface area contributed by atoms with Crippen molar-refractivity contribution in [2.45, 2.75) is 0 Å². The number of fused-ring (bicyclic) bond motifs is 2. The summed E-state index contributed by atoms with van der Waals surface area (Å²) in [6.45, 7) is 0. The molecule has 0 aliphatic rings. The molecule has 0 amide bonds. The van der Waals surface area contributed by atoms with E-state index in [0.29, 0.717) is 22.2 Å². The number of nitrogens with zero attached hydrogens (tertiary/aromatic N) is 1. The number of thiol groups is 1. The molecule has 2 aromatic carbocycles. The second-order valence-corrected chi connectivity index (χ2v) is 5.94. The van der Waals surface area contributed by atoms with Crippen LogP contribution in [-0.4, -0.2) is 13.4 Å². The van der Waals surface area contributed by atoms with Gasteiger partial charge in [-0.05, 0) is 30.3 Å². The van der Waals surface area contributed by atoms with Crippen molar-refractivity contribution in [2.24, 2.45) is 0 Å². The number of aromatic nitrogens is 1. The predicted molar refractivity (Wildman–Crippen MR) is 89.4 cm³/mol. The van der Waals surface area contributed by atoms with Crippen molar-refractivity contribution in [3.05, 3.63) is 58.7 Å². The average molecular weight is 360 g/mol. The van der Waals surface area contributed by atoms with E-state index < -0.39 is 22.3 Å². The minimum absolute atomic E-state index is 0.0265. The predicted octanol–water partition coefficient (Wildman–Crippen LogP) is 2.68. The maximum Gasteiger partial charge on any atom is 0.349 e. The van der Waals surface area contributed by atoms with Crippen LogP contribution in [0.4, 0.5) is 10.1 Å². The Bertz CT molecular complexity index is 1250. The molecule has 7 nitrogen and oxygen atoms in total. The third kappa shape index (κ3) is 2.85. The Hall–Kier alpha value is -3.20. The average Bonchev–Trinajstić information content (AvgIpc) is 2.96. The lowest BCUT2D eigenvalue weighted by molar-refractivity contribution is 0.548. The summed E-state index contributed by atoms with van der Waals surface area (Å²) in [4.78, 5) is 16.4. The molecule has 2 aromatic heterocycles. The molecular formula is C16H9FN2O5S. The van der Waals surface area contributed by atoms with Gasteiger partial charge in [-0.25, -0.2) is 22.6 Å². The van der Waals surface area contributed by atoms with E-state index in [1.807, 2.05) is 0 Å². The molecule has 0 atom stereocenters. The molecule has 0 saturated carbocycles. The Balaban J connectivity index is 1.86. The van der Waals surface area contributed by atoms with Crippen molar-refractivity contribution in [3.63, 3.8) is 0 Å². The number of anilines is 1. The fraction of sp³-hybridized carbons (Fsp3) is 0. The molecule has 0 fully saturated rings. The summed E-state index contributed by atoms with van der Waals surface area (Å²) in [5.74, 6) is -0.486. The first-order chi connectivity index (χ1) is 12.0. The maximum atomic E-state index is 13.2. The standard InChI is InChI=1S/C16H9FN2O5S/c17-9-2-1-8-5-11(16(20)24-13(8)6-9)15-18-12-4-3-10(19-25(21)22)7-14(12)23-15/h1-7,25H,(H,19,21,22). The highest BCUT2D eigenvalue weighted by Gasteiger charge is 2.15. The largest absolute Gasteiger partial charge is 0.436 e. The van der Waals surface area contributed by atoms with Gasteiger partial charge in [-0.1, -0.05) is 0 Å². The Morgan fingerprint density at radius 1 is 1.00 bits per heavy atom. The molecule has 4 aromatic rings. The molecule has 0 saturated heterocycles. The van der Waals surface area contributed by atoms with Gasteiger partial charge in [0.15, 0.2) is 5.58 Å². The molecule has 0 unspecified atom stereocenters. The molecule has 0 aliphatic carbocycles. The van der Waals surface area contributed by atoms with Gasteiger partial charge in [-0.2, -0.15) is 0 Å². The number of benzene rings is 2. The number of rotatable bonds is 3. The van der Waals surface area contributed by atoms with E-state index in [-0.39, 0.29) is 17.0 Å². The van der Waals surface area contributed by atoms with E-state index in [1.165, 1.54) is 30.3 Å². The van der Waals surface area contributed by atoms with Crippen LogP contribution in [0, 0.1) is 5.82 Å². The fourth-order valence-electron chi connectivity index (χ4n) is 2.45. The van der Waals surface area contributed by atoms with Gasteiger partial charge < -0.3 is 8.83 Å². The van der Waals surface area contributed by atoms with Crippen LogP contribution in [0.1, 0.15) is 0 Å². The molecule has 0 aliphatic heterocycles. The number of hydrogen-bond donors (Lipinski definition) is 2. The quantitative estimate of drug-likeness (QED) is 0.430. The lowest BCUT2D eigenvalue weighted by atomic mass is 10.2. The van der Waals surface area contributed by atoms with Gasteiger partial charge in [0.05, 0.1) is 5.69 Å². The summed E-state index contributed by atoms with van der Waals surface area (Å²) < 4.78 is 47.6. The molecule has 0 bridgehead atoms. The highest BCUT2D eigenvalue weighted by Crippen LogP contribution is 2.26. The van der Waals surface area contributed by atoms with Crippen molar-refractivity contribution >= 4 is 38.6 Å². The Morgan fingerprint density at radius 2 is 1.84 bits per heavy atom. The van der Waals surface area contributed by atoms with Crippen molar-refractivity contribution in [1.29, 1.82) is 0 Å². The normalized spacial score (nSPS) is 11.4. The zero-order valence-electron chi connectivity index (χ0n) is 12.4. The molecule has 4 rings (SSSR count). The lowest BCUT2D eigenvalue weighted by Gasteiger charge is -1.99. The second-order valence-electron chi connectivity index (χ2n) is 5.20. The monoisotopic (exact) mass is 360 g/mol. The van der Waals surface area contributed by atoms with Gasteiger partial charge in [-0.3, -0.25) is 4.72 Å². The highest BCUT2D eigenvalue weighted by atomic mass is 32.2. The van der Waals surface area contributed by atoms with E-state index in [4.69, 9.17) is 8.83 Å². The van der Waals surface area contributed by atoms with Gasteiger partial charge in [0, 0.05) is 17.5 Å². The smallest absolute Gasteiger partial charge is 0.349 e. The molecule has 0 radical (unpaired) electrons. The first kappa shape index (κ1) is 15.3. The highest BCUT2D eigenvalue weighted by molar-refractivity contribution is 7.73. The summed E-state index contributed by atoms with van der Waals surface area (Å²) in [7, 11) is -2.80. The van der Waals surface area contributed by atoms with Crippen molar-refractivity contribution < 1.29 is 21.6 Å². The molecule has 1 N–H and O–H groups in total. The molecule has 9 heteroatoms. The summed E-state index contributed by atoms with van der Waals surface area (Å²) >= 11 is 0. The van der Waals surface area contributed by atoms with Gasteiger partial charge in [0.2, 0.25) is 16.8 Å². The van der Waals surface area contributed by atoms with Crippen molar-refractivity contribution in [2.75, 3.05) is 4.72 Å². The zero-order chi connectivity index (χ0) is 17.6. The molecule has 126 valence electrons. The van der Waals surface area contributed by atoms with Crippen LogP contribution >= 0.6 is 0 Å². The van der Waals surface area contributed by atoms with Crippen LogP contribution in [0.5, 0.6) is 0 Å². The van der Waals surface area contributed by atoms with Crippen LogP contribution in [0.15, 0.2) is 56.1 Å². The van der Waals surface area contributed by atoms with Gasteiger partial charge >= 0.3 is 5.63 Å². The lowest BCUT2D eigenvalue weighted by Crippen LogP contribution is -2.02. The van der Waals surface area contributed by atoms with Crippen LogP contribution < -0.4 is 10.3 Å². The third-order valence-corrected chi connectivity index (χ3v) is 3.98. The van der Waals surface area contributed by atoms with E-state index in [1.54, 1.807) is 6.07 Å². The summed E-state index contributed by atoms with van der Waals surface area (Å²) in [5, 5.41) is 0.518. The molecule has 2 heterocycles. The first-order valence-electron chi connectivity index (χ1n) is 7.05. The van der Waals surface area contributed by atoms with Crippen LogP contribution in [-0.2, 0) is 10.9 Å². The van der Waals surface area contributed by atoms with Gasteiger partial charge in [0.25, 0.3) is 0 Å². The van der Waals surface area contributed by atoms with Gasteiger partial charge in [-0.15, -0.1) is 0 Å². The van der Waals surface area contributed by atoms with E-state index in [9.17, 15) is 17.6 Å². The first-order valence-corrected chi connectivity index (χ1v) is 8.23. The number of hydrogen-bond acceptors (Lipinski definition) is 6. The van der Waals surface area contributed by atoms with Gasteiger partial charge in [0.1, 0.15) is 22.5 Å². The topological polar surface area (TPSA) is 102 Å². The fourth-order valence-corrected chi connectivity index (χ4v) is 2.80. The minimum Gasteiger partial charge on any atom is -0.436 e. The minimum atomic E-state index is -2.80. The third-order valence-electron chi connectivity index (χ3n) is 3.54. The molecule has 0 spiro atoms. The maximum absolute atomic E-state index is 13.2. The number of oxazole rings is 1. The summed E-state index contributed by atoms with van der Waals surface area (Å²) in [5.41, 5.74) is 0.545. The van der Waals surface area contributed by atoms with Crippen molar-refractivity contribution in [1.82, 2.24) is 4.98 Å². The van der Waals surface area contributed by atoms with E-state index in [0.717, 1.165) is 6.07 Å². The molecular weight excluding hydrogens is 351 g/mol. The Morgan fingerprint density at radius 3 is 2.64 bits per heavy atom.